The second kappa shape index (κ2) is 7.28. The van der Waals surface area contributed by atoms with Gasteiger partial charge in [0.2, 0.25) is 5.88 Å². The van der Waals surface area contributed by atoms with Gasteiger partial charge in [0.15, 0.2) is 5.82 Å². The molecule has 1 amide bonds. The summed E-state index contributed by atoms with van der Waals surface area (Å²) in [5.74, 6) is 0.459. The number of carbonyl (C=O) groups is 1. The number of aromatic amines is 1. The molecule has 0 radical (unpaired) electrons. The lowest BCUT2D eigenvalue weighted by Crippen LogP contribution is -2.14. The molecule has 7 nitrogen and oxygen atoms in total. The Balaban J connectivity index is 1.95. The van der Waals surface area contributed by atoms with Crippen LogP contribution < -0.4 is 15.8 Å². The molecule has 0 spiro atoms. The highest BCUT2D eigenvalue weighted by atomic mass is 16.5. The molecule has 7 heteroatoms. The van der Waals surface area contributed by atoms with Crippen molar-refractivity contribution in [1.29, 1.82) is 0 Å². The van der Waals surface area contributed by atoms with Crippen LogP contribution >= 0.6 is 0 Å². The van der Waals surface area contributed by atoms with Crippen LogP contribution in [0.4, 0.5) is 5.82 Å². The largest absolute Gasteiger partial charge is 0.478 e. The molecule has 4 N–H and O–H groups in total. The van der Waals surface area contributed by atoms with Crippen molar-refractivity contribution in [3.05, 3.63) is 35.9 Å². The van der Waals surface area contributed by atoms with Crippen molar-refractivity contribution < 1.29 is 9.53 Å². The maximum absolute atomic E-state index is 11.2. The second-order valence-electron chi connectivity index (χ2n) is 4.51. The average Bonchev–Trinajstić information content (AvgIpc) is 2.94. The van der Waals surface area contributed by atoms with E-state index in [0.29, 0.717) is 24.8 Å². The van der Waals surface area contributed by atoms with Gasteiger partial charge in [-0.1, -0.05) is 19.4 Å². The van der Waals surface area contributed by atoms with Crippen molar-refractivity contribution in [3.63, 3.8) is 0 Å². The molecule has 2 rings (SSSR count). The van der Waals surface area contributed by atoms with Crippen LogP contribution in [-0.2, 0) is 6.54 Å². The van der Waals surface area contributed by atoms with E-state index in [-0.39, 0.29) is 5.69 Å². The standard InChI is InChI=1S/C14H19N5O2/c1-2-3-7-21-11-6-4-5-10(19-11)8-16-14-12(13(15)20)17-9-18-14/h4-6,9,16H,2-3,7-8H2,1H3,(H2,15,20)(H,17,18). The van der Waals surface area contributed by atoms with E-state index < -0.39 is 5.91 Å². The number of ether oxygens (including phenoxy) is 1. The monoisotopic (exact) mass is 289 g/mol. The number of anilines is 1. The third kappa shape index (κ3) is 4.20. The number of nitrogens with zero attached hydrogens (tertiary/aromatic N) is 2. The number of aromatic nitrogens is 3. The van der Waals surface area contributed by atoms with Gasteiger partial charge in [0, 0.05) is 6.07 Å². The molecule has 0 fully saturated rings. The first-order valence-electron chi connectivity index (χ1n) is 6.86. The third-order valence-electron chi connectivity index (χ3n) is 2.85. The molecule has 2 heterocycles. The average molecular weight is 289 g/mol. The lowest BCUT2D eigenvalue weighted by molar-refractivity contribution is 0.0997. The summed E-state index contributed by atoms with van der Waals surface area (Å²) in [4.78, 5) is 22.3. The predicted octanol–water partition coefficient (Wildman–Crippen LogP) is 1.69. The van der Waals surface area contributed by atoms with E-state index in [1.54, 1.807) is 0 Å². The van der Waals surface area contributed by atoms with Gasteiger partial charge in [0.25, 0.3) is 5.91 Å². The molecule has 112 valence electrons. The van der Waals surface area contributed by atoms with E-state index in [1.165, 1.54) is 6.33 Å². The van der Waals surface area contributed by atoms with E-state index in [4.69, 9.17) is 10.5 Å². The number of hydrogen-bond donors (Lipinski definition) is 3. The lowest BCUT2D eigenvalue weighted by atomic mass is 10.3. The lowest BCUT2D eigenvalue weighted by Gasteiger charge is -2.07. The van der Waals surface area contributed by atoms with Crippen molar-refractivity contribution in [3.8, 4) is 5.88 Å². The normalized spacial score (nSPS) is 10.3. The first-order chi connectivity index (χ1) is 10.2. The molecular weight excluding hydrogens is 270 g/mol. The Morgan fingerprint density at radius 3 is 3.10 bits per heavy atom. The van der Waals surface area contributed by atoms with E-state index in [9.17, 15) is 4.79 Å². The molecule has 2 aromatic rings. The SMILES string of the molecule is CCCCOc1cccc(CNc2nc[nH]c2C(N)=O)n1. The Hall–Kier alpha value is -2.57. The van der Waals surface area contributed by atoms with Gasteiger partial charge in [-0.25, -0.2) is 9.97 Å². The molecule has 0 unspecified atom stereocenters. The van der Waals surface area contributed by atoms with Gasteiger partial charge < -0.3 is 20.8 Å². The summed E-state index contributed by atoms with van der Waals surface area (Å²) >= 11 is 0. The number of pyridine rings is 1. The first-order valence-corrected chi connectivity index (χ1v) is 6.86. The van der Waals surface area contributed by atoms with Crippen LogP contribution in [0.1, 0.15) is 35.9 Å². The quantitative estimate of drug-likeness (QED) is 0.641. The molecule has 0 aliphatic carbocycles. The zero-order valence-electron chi connectivity index (χ0n) is 11.9. The molecule has 0 saturated carbocycles. The van der Waals surface area contributed by atoms with Crippen molar-refractivity contribution in [1.82, 2.24) is 15.0 Å². The van der Waals surface area contributed by atoms with Gasteiger partial charge in [0.1, 0.15) is 5.69 Å². The Morgan fingerprint density at radius 2 is 2.33 bits per heavy atom. The maximum atomic E-state index is 11.2. The molecule has 0 aliphatic heterocycles. The molecular formula is C14H19N5O2. The van der Waals surface area contributed by atoms with Crippen LogP contribution in [0.25, 0.3) is 0 Å². The van der Waals surface area contributed by atoms with E-state index in [2.05, 4.69) is 27.2 Å². The zero-order chi connectivity index (χ0) is 15.1. The van der Waals surface area contributed by atoms with Crippen molar-refractivity contribution >= 4 is 11.7 Å². The maximum Gasteiger partial charge on any atom is 0.269 e. The van der Waals surface area contributed by atoms with Gasteiger partial charge in [0.05, 0.1) is 25.2 Å². The smallest absolute Gasteiger partial charge is 0.269 e. The number of imidazole rings is 1. The van der Waals surface area contributed by atoms with Crippen LogP contribution in [0.3, 0.4) is 0 Å². The molecule has 0 atom stereocenters. The number of H-pyrrole nitrogens is 1. The topological polar surface area (TPSA) is 106 Å². The highest BCUT2D eigenvalue weighted by Crippen LogP contribution is 2.12. The molecule has 0 aromatic carbocycles. The fourth-order valence-electron chi connectivity index (χ4n) is 1.75. The Bertz CT molecular complexity index is 597. The van der Waals surface area contributed by atoms with Crippen molar-refractivity contribution in [2.45, 2.75) is 26.3 Å². The minimum Gasteiger partial charge on any atom is -0.478 e. The van der Waals surface area contributed by atoms with E-state index in [0.717, 1.165) is 18.5 Å². The molecule has 0 aliphatic rings. The summed E-state index contributed by atoms with van der Waals surface area (Å²) in [6.07, 6.45) is 3.50. The summed E-state index contributed by atoms with van der Waals surface area (Å²) in [6, 6.07) is 5.57. The first kappa shape index (κ1) is 14.8. The number of carbonyl (C=O) groups excluding carboxylic acids is 1. The Kier molecular flexibility index (Phi) is 5.14. The summed E-state index contributed by atoms with van der Waals surface area (Å²) in [6.45, 7) is 3.19. The fourth-order valence-corrected chi connectivity index (χ4v) is 1.75. The predicted molar refractivity (Wildman–Crippen MR) is 79.1 cm³/mol. The number of hydrogen-bond acceptors (Lipinski definition) is 5. The highest BCUT2D eigenvalue weighted by Gasteiger charge is 2.10. The van der Waals surface area contributed by atoms with E-state index in [1.807, 2.05) is 18.2 Å². The van der Waals surface area contributed by atoms with Crippen LogP contribution in [-0.4, -0.2) is 27.5 Å². The van der Waals surface area contributed by atoms with Gasteiger partial charge in [-0.15, -0.1) is 0 Å². The minimum absolute atomic E-state index is 0.255. The van der Waals surface area contributed by atoms with Gasteiger partial charge in [-0.2, -0.15) is 0 Å². The van der Waals surface area contributed by atoms with Crippen LogP contribution in [0.15, 0.2) is 24.5 Å². The Morgan fingerprint density at radius 1 is 1.48 bits per heavy atom. The molecule has 0 bridgehead atoms. The Labute approximate surface area is 122 Å². The number of rotatable bonds is 8. The van der Waals surface area contributed by atoms with Gasteiger partial charge >= 0.3 is 0 Å². The second-order valence-corrected chi connectivity index (χ2v) is 4.51. The van der Waals surface area contributed by atoms with Crippen LogP contribution in [0.5, 0.6) is 5.88 Å². The summed E-state index contributed by atoms with van der Waals surface area (Å²) in [5, 5.41) is 3.02. The van der Waals surface area contributed by atoms with Gasteiger partial charge in [-0.05, 0) is 12.5 Å². The van der Waals surface area contributed by atoms with Gasteiger partial charge in [-0.3, -0.25) is 4.79 Å². The summed E-state index contributed by atoms with van der Waals surface area (Å²) in [5.41, 5.74) is 6.28. The molecule has 21 heavy (non-hydrogen) atoms. The minimum atomic E-state index is -0.556. The third-order valence-corrected chi connectivity index (χ3v) is 2.85. The van der Waals surface area contributed by atoms with Crippen LogP contribution in [0.2, 0.25) is 0 Å². The number of amides is 1. The molecule has 0 saturated heterocycles. The molecule has 2 aromatic heterocycles. The number of primary amides is 1. The highest BCUT2D eigenvalue weighted by molar-refractivity contribution is 5.95. The summed E-state index contributed by atoms with van der Waals surface area (Å²) < 4.78 is 5.55. The number of nitrogens with two attached hydrogens (primary N) is 1. The fraction of sp³-hybridized carbons (Fsp3) is 0.357. The number of unbranched alkanes of at least 4 members (excludes halogenated alkanes) is 1. The zero-order valence-corrected chi connectivity index (χ0v) is 11.9. The van der Waals surface area contributed by atoms with Crippen molar-refractivity contribution in [2.75, 3.05) is 11.9 Å². The van der Waals surface area contributed by atoms with Crippen LogP contribution in [0, 0.1) is 0 Å². The summed E-state index contributed by atoms with van der Waals surface area (Å²) in [7, 11) is 0. The van der Waals surface area contributed by atoms with E-state index >= 15 is 0 Å². The van der Waals surface area contributed by atoms with Crippen molar-refractivity contribution in [2.24, 2.45) is 5.73 Å². The number of nitrogens with one attached hydrogen (secondary N) is 2.